The zero-order valence-electron chi connectivity index (χ0n) is 16.4. The molecule has 4 aromatic heterocycles. The highest BCUT2D eigenvalue weighted by Crippen LogP contribution is 2.31. The molecule has 2 N–H and O–H groups in total. The molecule has 162 valence electrons. The molecule has 4 heterocycles. The highest BCUT2D eigenvalue weighted by atomic mass is 19.4. The van der Waals surface area contributed by atoms with Crippen molar-refractivity contribution in [3.8, 4) is 11.5 Å². The fraction of sp³-hybridized carbons (Fsp3) is 0.150. The van der Waals surface area contributed by atoms with Crippen LogP contribution in [-0.4, -0.2) is 35.6 Å². The number of benzene rings is 1. The third-order valence-corrected chi connectivity index (χ3v) is 4.91. The molecule has 0 radical (unpaired) electrons. The average molecular weight is 441 g/mol. The fourth-order valence-corrected chi connectivity index (χ4v) is 3.32. The standard InChI is InChI=1S/C20H14F3N7O2/c1-30-5-4-12-16(25-9-26-18(12)30)19(31)24-8-11-7-15(29-32-11)17-27-13-3-2-10(20(21,22)23)6-14(13)28-17/h2-7,9H,8H2,1H3,(H,24,31)(H,27,28). The maximum atomic E-state index is 12.9. The predicted octanol–water partition coefficient (Wildman–Crippen LogP) is 3.45. The molecule has 5 aromatic rings. The molecule has 0 saturated carbocycles. The Kier molecular flexibility index (Phi) is 4.43. The fourth-order valence-electron chi connectivity index (χ4n) is 3.32. The van der Waals surface area contributed by atoms with Crippen molar-refractivity contribution < 1.29 is 22.5 Å². The highest BCUT2D eigenvalue weighted by molar-refractivity contribution is 6.03. The smallest absolute Gasteiger partial charge is 0.359 e. The zero-order chi connectivity index (χ0) is 22.5. The Bertz CT molecular complexity index is 1470. The summed E-state index contributed by atoms with van der Waals surface area (Å²) in [6, 6.07) is 6.53. The molecule has 12 heteroatoms. The minimum absolute atomic E-state index is 0.0304. The topological polar surface area (TPSA) is 115 Å². The predicted molar refractivity (Wildman–Crippen MR) is 106 cm³/mol. The van der Waals surface area contributed by atoms with Gasteiger partial charge in [-0.15, -0.1) is 0 Å². The maximum absolute atomic E-state index is 12.9. The van der Waals surface area contributed by atoms with Crippen molar-refractivity contribution in [3.05, 3.63) is 59.9 Å². The second kappa shape index (κ2) is 7.18. The lowest BCUT2D eigenvalue weighted by Crippen LogP contribution is -2.24. The Morgan fingerprint density at radius 2 is 2.06 bits per heavy atom. The number of fused-ring (bicyclic) bond motifs is 2. The van der Waals surface area contributed by atoms with Crippen molar-refractivity contribution in [1.29, 1.82) is 0 Å². The molecule has 0 aliphatic heterocycles. The Hall–Kier alpha value is -4.22. The van der Waals surface area contributed by atoms with Crippen molar-refractivity contribution in [1.82, 2.24) is 35.0 Å². The quantitative estimate of drug-likeness (QED) is 0.442. The van der Waals surface area contributed by atoms with E-state index < -0.39 is 17.6 Å². The number of rotatable bonds is 4. The third-order valence-electron chi connectivity index (χ3n) is 4.91. The number of aryl methyl sites for hydroxylation is 1. The van der Waals surface area contributed by atoms with Crippen molar-refractivity contribution in [2.45, 2.75) is 12.7 Å². The van der Waals surface area contributed by atoms with Gasteiger partial charge in [0, 0.05) is 19.3 Å². The van der Waals surface area contributed by atoms with Crippen molar-refractivity contribution in [3.63, 3.8) is 0 Å². The Labute approximate surface area is 177 Å². The zero-order valence-corrected chi connectivity index (χ0v) is 16.4. The summed E-state index contributed by atoms with van der Waals surface area (Å²) in [7, 11) is 1.81. The lowest BCUT2D eigenvalue weighted by Gasteiger charge is -2.05. The van der Waals surface area contributed by atoms with Gasteiger partial charge in [0.05, 0.1) is 28.5 Å². The van der Waals surface area contributed by atoms with E-state index in [4.69, 9.17) is 4.52 Å². The molecular formula is C20H14F3N7O2. The van der Waals surface area contributed by atoms with E-state index in [0.29, 0.717) is 28.0 Å². The van der Waals surface area contributed by atoms with Crippen LogP contribution in [0.5, 0.6) is 0 Å². The molecule has 0 saturated heterocycles. The van der Waals surface area contributed by atoms with E-state index in [1.165, 1.54) is 12.4 Å². The summed E-state index contributed by atoms with van der Waals surface area (Å²) < 4.78 is 45.7. The van der Waals surface area contributed by atoms with Crippen LogP contribution in [0, 0.1) is 0 Å². The van der Waals surface area contributed by atoms with Crippen LogP contribution in [0.1, 0.15) is 21.8 Å². The number of imidazole rings is 1. The number of carbonyl (C=O) groups excluding carboxylic acids is 1. The number of halogens is 3. The van der Waals surface area contributed by atoms with E-state index in [2.05, 4.69) is 30.4 Å². The Morgan fingerprint density at radius 3 is 2.88 bits per heavy atom. The molecule has 0 atom stereocenters. The molecule has 5 rings (SSSR count). The molecular weight excluding hydrogens is 427 g/mol. The van der Waals surface area contributed by atoms with Crippen molar-refractivity contribution in [2.24, 2.45) is 7.05 Å². The second-order valence-electron chi connectivity index (χ2n) is 7.06. The maximum Gasteiger partial charge on any atom is 0.416 e. The molecule has 9 nitrogen and oxygen atoms in total. The van der Waals surface area contributed by atoms with Gasteiger partial charge in [-0.3, -0.25) is 4.79 Å². The first-order valence-corrected chi connectivity index (χ1v) is 9.37. The normalized spacial score (nSPS) is 12.0. The minimum Gasteiger partial charge on any atom is -0.359 e. The van der Waals surface area contributed by atoms with Gasteiger partial charge in [0.1, 0.15) is 23.4 Å². The summed E-state index contributed by atoms with van der Waals surface area (Å²) in [4.78, 5) is 27.8. The number of H-pyrrole nitrogens is 1. The lowest BCUT2D eigenvalue weighted by atomic mass is 10.2. The van der Waals surface area contributed by atoms with Gasteiger partial charge in [-0.25, -0.2) is 15.0 Å². The number of carbonyl (C=O) groups is 1. The van der Waals surface area contributed by atoms with Crippen LogP contribution in [-0.2, 0) is 19.8 Å². The van der Waals surface area contributed by atoms with Crippen LogP contribution in [0.4, 0.5) is 13.2 Å². The van der Waals surface area contributed by atoms with Gasteiger partial charge in [-0.05, 0) is 24.3 Å². The van der Waals surface area contributed by atoms with E-state index in [-0.39, 0.29) is 23.6 Å². The van der Waals surface area contributed by atoms with Crippen LogP contribution in [0.2, 0.25) is 0 Å². The SMILES string of the molecule is Cn1ccc2c(C(=O)NCc3cc(-c4nc5ccc(C(F)(F)F)cc5[nH]4)no3)ncnc21. The number of hydrogen-bond acceptors (Lipinski definition) is 6. The van der Waals surface area contributed by atoms with E-state index in [0.717, 1.165) is 12.1 Å². The monoisotopic (exact) mass is 441 g/mol. The molecule has 1 aromatic carbocycles. The molecule has 0 aliphatic carbocycles. The van der Waals surface area contributed by atoms with Crippen LogP contribution < -0.4 is 5.32 Å². The highest BCUT2D eigenvalue weighted by Gasteiger charge is 2.30. The Balaban J connectivity index is 1.33. The molecule has 0 fully saturated rings. The first-order valence-electron chi connectivity index (χ1n) is 9.37. The van der Waals surface area contributed by atoms with Crippen LogP contribution >= 0.6 is 0 Å². The molecule has 0 aliphatic rings. The number of hydrogen-bond donors (Lipinski definition) is 2. The van der Waals surface area contributed by atoms with E-state index in [9.17, 15) is 18.0 Å². The van der Waals surface area contributed by atoms with Gasteiger partial charge in [-0.1, -0.05) is 5.16 Å². The third kappa shape index (κ3) is 3.45. The van der Waals surface area contributed by atoms with E-state index >= 15 is 0 Å². The summed E-state index contributed by atoms with van der Waals surface area (Å²) in [5.41, 5.74) is 0.969. The molecule has 0 bridgehead atoms. The second-order valence-corrected chi connectivity index (χ2v) is 7.06. The summed E-state index contributed by atoms with van der Waals surface area (Å²) in [6.45, 7) is 0.0304. The van der Waals surface area contributed by atoms with E-state index in [1.54, 1.807) is 22.9 Å². The van der Waals surface area contributed by atoms with E-state index in [1.807, 2.05) is 7.05 Å². The number of nitrogens with zero attached hydrogens (tertiary/aromatic N) is 5. The summed E-state index contributed by atoms with van der Waals surface area (Å²) in [5, 5.41) is 7.21. The largest absolute Gasteiger partial charge is 0.416 e. The molecule has 32 heavy (non-hydrogen) atoms. The Morgan fingerprint density at radius 1 is 1.22 bits per heavy atom. The molecule has 1 amide bonds. The number of alkyl halides is 3. The molecule has 0 spiro atoms. The van der Waals surface area contributed by atoms with Gasteiger partial charge < -0.3 is 19.4 Å². The van der Waals surface area contributed by atoms with Crippen LogP contribution in [0.3, 0.4) is 0 Å². The van der Waals surface area contributed by atoms with Gasteiger partial charge in [0.15, 0.2) is 11.6 Å². The average Bonchev–Trinajstić information content (AvgIpc) is 3.49. The summed E-state index contributed by atoms with van der Waals surface area (Å²) >= 11 is 0. The number of aromatic amines is 1. The minimum atomic E-state index is -4.45. The first-order chi connectivity index (χ1) is 15.3. The summed E-state index contributed by atoms with van der Waals surface area (Å²) in [6.07, 6.45) is -1.35. The van der Waals surface area contributed by atoms with Gasteiger partial charge in [0.25, 0.3) is 5.91 Å². The lowest BCUT2D eigenvalue weighted by molar-refractivity contribution is -0.137. The van der Waals surface area contributed by atoms with Crippen molar-refractivity contribution in [2.75, 3.05) is 0 Å². The van der Waals surface area contributed by atoms with Crippen LogP contribution in [0.25, 0.3) is 33.6 Å². The number of amides is 1. The van der Waals surface area contributed by atoms with Gasteiger partial charge in [0.2, 0.25) is 0 Å². The van der Waals surface area contributed by atoms with Gasteiger partial charge >= 0.3 is 6.18 Å². The van der Waals surface area contributed by atoms with Gasteiger partial charge in [-0.2, -0.15) is 13.2 Å². The summed E-state index contributed by atoms with van der Waals surface area (Å²) in [5.74, 6) is 0.176. The number of aromatic nitrogens is 6. The van der Waals surface area contributed by atoms with Crippen LogP contribution in [0.15, 0.2) is 47.4 Å². The van der Waals surface area contributed by atoms with Crippen molar-refractivity contribution >= 4 is 28.0 Å². The molecule has 0 unspecified atom stereocenters. The first kappa shape index (κ1) is 19.7. The number of nitrogens with one attached hydrogen (secondary N) is 2.